The summed E-state index contributed by atoms with van der Waals surface area (Å²) in [6.45, 7) is -3.17. The van der Waals surface area contributed by atoms with Crippen molar-refractivity contribution in [3.05, 3.63) is 58.3 Å². The van der Waals surface area contributed by atoms with E-state index in [1.807, 2.05) is 0 Å². The van der Waals surface area contributed by atoms with Crippen molar-refractivity contribution >= 4 is 26.0 Å². The van der Waals surface area contributed by atoms with Crippen LogP contribution in [0.1, 0.15) is 5.56 Å². The molecule has 9 heteroatoms. The molecule has 0 atom stereocenters. The lowest BCUT2D eigenvalue weighted by Crippen LogP contribution is -2.24. The molecule has 0 aromatic heterocycles. The Bertz CT molecular complexity index is 800. The molecule has 0 aliphatic carbocycles. The van der Waals surface area contributed by atoms with Gasteiger partial charge in [-0.05, 0) is 35.9 Å². The minimum atomic E-state index is -4.09. The molecule has 1 N–H and O–H groups in total. The molecule has 0 radical (unpaired) electrons. The van der Waals surface area contributed by atoms with Crippen LogP contribution in [0, 0.1) is 5.82 Å². The van der Waals surface area contributed by atoms with E-state index in [4.69, 9.17) is 0 Å². The number of rotatable bonds is 6. The predicted molar refractivity (Wildman–Crippen MR) is 81.2 cm³/mol. The Morgan fingerprint density at radius 1 is 1.17 bits per heavy atom. The Morgan fingerprint density at radius 3 is 2.61 bits per heavy atom. The summed E-state index contributed by atoms with van der Waals surface area (Å²) in [5.41, 5.74) is 0.391. The molecule has 2 rings (SSSR count). The van der Waals surface area contributed by atoms with Gasteiger partial charge in [0.05, 0.1) is 0 Å². The molecule has 0 saturated carbocycles. The first-order valence-corrected chi connectivity index (χ1v) is 8.54. The Hall–Kier alpha value is -1.58. The lowest BCUT2D eigenvalue weighted by molar-refractivity contribution is -0.0498. The van der Waals surface area contributed by atoms with Gasteiger partial charge in [0.1, 0.15) is 16.5 Å². The van der Waals surface area contributed by atoms with E-state index in [1.54, 1.807) is 0 Å². The van der Waals surface area contributed by atoms with Gasteiger partial charge in [0.2, 0.25) is 10.0 Å². The van der Waals surface area contributed by atoms with E-state index in [2.05, 4.69) is 25.4 Å². The zero-order valence-corrected chi connectivity index (χ0v) is 13.9. The number of hydrogen-bond acceptors (Lipinski definition) is 3. The molecule has 23 heavy (non-hydrogen) atoms. The minimum Gasteiger partial charge on any atom is -0.435 e. The first kappa shape index (κ1) is 17.8. The highest BCUT2D eigenvalue weighted by atomic mass is 79.9. The van der Waals surface area contributed by atoms with Crippen molar-refractivity contribution in [2.75, 3.05) is 0 Å². The van der Waals surface area contributed by atoms with E-state index in [0.29, 0.717) is 10.0 Å². The molecular formula is C14H11BrF3NO3S. The fraction of sp³-hybridized carbons (Fsp3) is 0.143. The van der Waals surface area contributed by atoms with Crippen LogP contribution in [0.4, 0.5) is 13.2 Å². The zero-order chi connectivity index (χ0) is 17.0. The molecule has 0 fully saturated rings. The average Bonchev–Trinajstić information content (AvgIpc) is 2.47. The summed E-state index contributed by atoms with van der Waals surface area (Å²) < 4.78 is 69.0. The van der Waals surface area contributed by atoms with Crippen LogP contribution in [0.5, 0.6) is 5.75 Å². The highest BCUT2D eigenvalue weighted by Crippen LogP contribution is 2.21. The van der Waals surface area contributed by atoms with Gasteiger partial charge < -0.3 is 4.74 Å². The van der Waals surface area contributed by atoms with Crippen LogP contribution in [0.15, 0.2) is 51.8 Å². The van der Waals surface area contributed by atoms with Crippen LogP contribution in [-0.2, 0) is 16.6 Å². The fourth-order valence-corrected chi connectivity index (χ4v) is 3.40. The maximum atomic E-state index is 13.7. The van der Waals surface area contributed by atoms with Gasteiger partial charge in [-0.15, -0.1) is 0 Å². The normalized spacial score (nSPS) is 11.7. The quantitative estimate of drug-likeness (QED) is 0.791. The van der Waals surface area contributed by atoms with Gasteiger partial charge in [-0.1, -0.05) is 28.1 Å². The molecule has 0 saturated heterocycles. The van der Waals surface area contributed by atoms with Gasteiger partial charge in [-0.25, -0.2) is 17.5 Å². The van der Waals surface area contributed by atoms with Crippen molar-refractivity contribution in [1.29, 1.82) is 0 Å². The standard InChI is InChI=1S/C14H11BrF3NO3S/c15-10-4-5-12(16)13(7-10)23(20,21)19-8-9-2-1-3-11(6-9)22-14(17)18/h1-7,14,19H,8H2. The van der Waals surface area contributed by atoms with Crippen LogP contribution in [0.3, 0.4) is 0 Å². The molecular weight excluding hydrogens is 399 g/mol. The lowest BCUT2D eigenvalue weighted by atomic mass is 10.2. The Kier molecular flexibility index (Phi) is 5.66. The summed E-state index contributed by atoms with van der Waals surface area (Å²) in [7, 11) is -4.09. The van der Waals surface area contributed by atoms with E-state index in [1.165, 1.54) is 30.3 Å². The number of hydrogen-bond donors (Lipinski definition) is 1. The number of benzene rings is 2. The van der Waals surface area contributed by atoms with Crippen LogP contribution in [0.25, 0.3) is 0 Å². The average molecular weight is 410 g/mol. The molecule has 0 amide bonds. The van der Waals surface area contributed by atoms with Crippen molar-refractivity contribution in [2.45, 2.75) is 18.1 Å². The second kappa shape index (κ2) is 7.33. The van der Waals surface area contributed by atoms with Crippen LogP contribution in [-0.4, -0.2) is 15.0 Å². The molecule has 0 spiro atoms. The van der Waals surface area contributed by atoms with Crippen LogP contribution < -0.4 is 9.46 Å². The molecule has 124 valence electrons. The van der Waals surface area contributed by atoms with Crippen molar-refractivity contribution in [1.82, 2.24) is 4.72 Å². The van der Waals surface area contributed by atoms with Gasteiger partial charge in [0, 0.05) is 11.0 Å². The first-order chi connectivity index (χ1) is 10.8. The summed E-state index contributed by atoms with van der Waals surface area (Å²) in [6, 6.07) is 9.09. The number of ether oxygens (including phenoxy) is 1. The third-order valence-corrected chi connectivity index (χ3v) is 4.68. The zero-order valence-electron chi connectivity index (χ0n) is 11.5. The smallest absolute Gasteiger partial charge is 0.387 e. The highest BCUT2D eigenvalue weighted by Gasteiger charge is 2.19. The molecule has 2 aromatic carbocycles. The van der Waals surface area contributed by atoms with Gasteiger partial charge in [0.25, 0.3) is 0 Å². The van der Waals surface area contributed by atoms with Crippen molar-refractivity contribution in [3.8, 4) is 5.75 Å². The summed E-state index contributed by atoms with van der Waals surface area (Å²) in [4.78, 5) is -0.508. The Balaban J connectivity index is 2.15. The van der Waals surface area contributed by atoms with Gasteiger partial charge in [-0.3, -0.25) is 0 Å². The largest absolute Gasteiger partial charge is 0.435 e. The number of alkyl halides is 2. The Labute approximate surface area is 139 Å². The van der Waals surface area contributed by atoms with Crippen molar-refractivity contribution in [2.24, 2.45) is 0 Å². The van der Waals surface area contributed by atoms with Crippen molar-refractivity contribution in [3.63, 3.8) is 0 Å². The SMILES string of the molecule is O=S(=O)(NCc1cccc(OC(F)F)c1)c1cc(Br)ccc1F. The summed E-state index contributed by atoms with van der Waals surface area (Å²) in [5, 5.41) is 0. The summed E-state index contributed by atoms with van der Waals surface area (Å²) in [6.07, 6.45) is 0. The molecule has 0 aliphatic rings. The van der Waals surface area contributed by atoms with Gasteiger partial charge in [-0.2, -0.15) is 8.78 Å². The van der Waals surface area contributed by atoms with Gasteiger partial charge >= 0.3 is 6.61 Å². The summed E-state index contributed by atoms with van der Waals surface area (Å²) >= 11 is 3.07. The maximum Gasteiger partial charge on any atom is 0.387 e. The fourth-order valence-electron chi connectivity index (χ4n) is 1.77. The first-order valence-electron chi connectivity index (χ1n) is 6.26. The number of halogens is 4. The monoisotopic (exact) mass is 409 g/mol. The summed E-state index contributed by atoms with van der Waals surface area (Å²) in [5.74, 6) is -0.985. The van der Waals surface area contributed by atoms with E-state index < -0.39 is 27.3 Å². The minimum absolute atomic E-state index is 0.0923. The second-order valence-electron chi connectivity index (χ2n) is 4.43. The predicted octanol–water partition coefficient (Wildman–Crippen LogP) is 3.67. The molecule has 0 unspecified atom stereocenters. The molecule has 0 bridgehead atoms. The van der Waals surface area contributed by atoms with Crippen molar-refractivity contribution < 1.29 is 26.3 Å². The van der Waals surface area contributed by atoms with Crippen LogP contribution in [0.2, 0.25) is 0 Å². The Morgan fingerprint density at radius 2 is 1.91 bits per heavy atom. The third-order valence-electron chi connectivity index (χ3n) is 2.77. The lowest BCUT2D eigenvalue weighted by Gasteiger charge is -2.10. The second-order valence-corrected chi connectivity index (χ2v) is 7.08. The molecule has 4 nitrogen and oxygen atoms in total. The number of sulfonamides is 1. The molecule has 0 aliphatic heterocycles. The number of nitrogens with one attached hydrogen (secondary N) is 1. The maximum absolute atomic E-state index is 13.7. The van der Waals surface area contributed by atoms with E-state index in [9.17, 15) is 21.6 Å². The molecule has 0 heterocycles. The van der Waals surface area contributed by atoms with E-state index in [0.717, 1.165) is 12.1 Å². The van der Waals surface area contributed by atoms with Gasteiger partial charge in [0.15, 0.2) is 0 Å². The van der Waals surface area contributed by atoms with E-state index in [-0.39, 0.29) is 12.3 Å². The third kappa shape index (κ3) is 4.95. The molecule has 2 aromatic rings. The topological polar surface area (TPSA) is 55.4 Å². The van der Waals surface area contributed by atoms with Crippen LogP contribution >= 0.6 is 15.9 Å². The van der Waals surface area contributed by atoms with E-state index >= 15 is 0 Å². The highest BCUT2D eigenvalue weighted by molar-refractivity contribution is 9.10.